The van der Waals surface area contributed by atoms with Gasteiger partial charge in [0.25, 0.3) is 5.91 Å². The van der Waals surface area contributed by atoms with Crippen LogP contribution >= 0.6 is 0 Å². The number of aromatic nitrogens is 2. The Morgan fingerprint density at radius 3 is 2.69 bits per heavy atom. The summed E-state index contributed by atoms with van der Waals surface area (Å²) in [7, 11) is 0. The summed E-state index contributed by atoms with van der Waals surface area (Å²) >= 11 is 0. The Bertz CT molecular complexity index is 1130. The van der Waals surface area contributed by atoms with E-state index >= 15 is 0 Å². The van der Waals surface area contributed by atoms with Gasteiger partial charge in [-0.25, -0.2) is 9.97 Å². The quantitative estimate of drug-likeness (QED) is 0.582. The molecule has 1 saturated carbocycles. The molecule has 3 atom stereocenters. The van der Waals surface area contributed by atoms with Crippen LogP contribution in [0.4, 0.5) is 13.2 Å². The first-order valence-electron chi connectivity index (χ1n) is 10.3. The Labute approximate surface area is 182 Å². The predicted molar refractivity (Wildman–Crippen MR) is 108 cm³/mol. The molecule has 9 heteroatoms. The highest BCUT2D eigenvalue weighted by atomic mass is 19.4. The molecule has 3 aromatic rings. The van der Waals surface area contributed by atoms with E-state index in [0.717, 1.165) is 30.7 Å². The minimum Gasteiger partial charge on any atom is -0.472 e. The lowest BCUT2D eigenvalue weighted by Crippen LogP contribution is -2.47. The van der Waals surface area contributed by atoms with E-state index in [2.05, 4.69) is 9.97 Å². The number of likely N-dealkylation sites (tertiary alicyclic amines) is 1. The van der Waals surface area contributed by atoms with Crippen molar-refractivity contribution in [2.24, 2.45) is 5.92 Å². The standard InChI is InChI=1S/C23H20F3N3O3/c1-13-3-2-4-16(20(13)21-27-7-8-31-21)22(30)29-12-14-9-17(29)18(10-14)32-19-6-5-15(11-28-19)23(24,25)26/h2-8,11,14,17-18H,9-10,12H2,1H3/t14-,17+,18-/m1/s1. The lowest BCUT2D eigenvalue weighted by atomic mass is 9.99. The third-order valence-electron chi connectivity index (χ3n) is 6.17. The molecule has 0 unspecified atom stereocenters. The monoisotopic (exact) mass is 443 g/mol. The molecule has 1 amide bonds. The van der Waals surface area contributed by atoms with Crippen molar-refractivity contribution >= 4 is 5.91 Å². The molecule has 6 nitrogen and oxygen atoms in total. The van der Waals surface area contributed by atoms with Gasteiger partial charge in [-0.1, -0.05) is 12.1 Å². The van der Waals surface area contributed by atoms with Gasteiger partial charge in [-0.05, 0) is 43.4 Å². The number of hydrogen-bond donors (Lipinski definition) is 0. The molecule has 1 saturated heterocycles. The molecule has 2 bridgehead atoms. The number of amides is 1. The van der Waals surface area contributed by atoms with Crippen molar-refractivity contribution in [2.45, 2.75) is 38.1 Å². The fourth-order valence-corrected chi connectivity index (χ4v) is 4.73. The van der Waals surface area contributed by atoms with E-state index in [4.69, 9.17) is 9.15 Å². The molecular weight excluding hydrogens is 423 g/mol. The second-order valence-corrected chi connectivity index (χ2v) is 8.24. The van der Waals surface area contributed by atoms with Crippen LogP contribution in [0.2, 0.25) is 0 Å². The van der Waals surface area contributed by atoms with E-state index in [9.17, 15) is 18.0 Å². The number of oxazole rings is 1. The van der Waals surface area contributed by atoms with Crippen LogP contribution in [-0.2, 0) is 6.18 Å². The number of piperidine rings is 1. The molecule has 32 heavy (non-hydrogen) atoms. The zero-order chi connectivity index (χ0) is 22.5. The van der Waals surface area contributed by atoms with Gasteiger partial charge in [0.15, 0.2) is 0 Å². The first kappa shape index (κ1) is 20.5. The molecular formula is C23H20F3N3O3. The maximum atomic E-state index is 13.5. The molecule has 1 aliphatic carbocycles. The van der Waals surface area contributed by atoms with Gasteiger partial charge in [0.2, 0.25) is 11.8 Å². The fourth-order valence-electron chi connectivity index (χ4n) is 4.73. The van der Waals surface area contributed by atoms with E-state index in [0.29, 0.717) is 23.6 Å². The third-order valence-corrected chi connectivity index (χ3v) is 6.17. The Morgan fingerprint density at radius 1 is 1.19 bits per heavy atom. The summed E-state index contributed by atoms with van der Waals surface area (Å²) in [5.74, 6) is 0.651. The molecule has 0 spiro atoms. The minimum absolute atomic E-state index is 0.124. The maximum absolute atomic E-state index is 13.5. The average Bonchev–Trinajstić information content (AvgIpc) is 3.50. The van der Waals surface area contributed by atoms with Crippen LogP contribution in [0.15, 0.2) is 53.4 Å². The summed E-state index contributed by atoms with van der Waals surface area (Å²) in [6, 6.07) is 7.48. The topological polar surface area (TPSA) is 68.5 Å². The zero-order valence-electron chi connectivity index (χ0n) is 17.2. The summed E-state index contributed by atoms with van der Waals surface area (Å²) in [5.41, 5.74) is 1.22. The van der Waals surface area contributed by atoms with Crippen molar-refractivity contribution in [2.75, 3.05) is 6.54 Å². The van der Waals surface area contributed by atoms with Crippen LogP contribution in [0.3, 0.4) is 0 Å². The Kier molecular flexibility index (Phi) is 4.91. The van der Waals surface area contributed by atoms with Gasteiger partial charge in [0, 0.05) is 18.8 Å². The van der Waals surface area contributed by atoms with Crippen molar-refractivity contribution < 1.29 is 27.1 Å². The smallest absolute Gasteiger partial charge is 0.417 e. The number of benzene rings is 1. The number of rotatable bonds is 4. The normalized spacial score (nSPS) is 22.4. The summed E-state index contributed by atoms with van der Waals surface area (Å²) in [6.07, 6.45) is 0.520. The summed E-state index contributed by atoms with van der Waals surface area (Å²) in [6.45, 7) is 2.51. The Hall–Kier alpha value is -3.36. The largest absolute Gasteiger partial charge is 0.472 e. The summed E-state index contributed by atoms with van der Waals surface area (Å²) in [5, 5.41) is 0. The Morgan fingerprint density at radius 2 is 2.03 bits per heavy atom. The molecule has 0 radical (unpaired) electrons. The second kappa shape index (κ2) is 7.65. The highest BCUT2D eigenvalue weighted by Crippen LogP contribution is 2.41. The average molecular weight is 443 g/mol. The second-order valence-electron chi connectivity index (χ2n) is 8.24. The summed E-state index contributed by atoms with van der Waals surface area (Å²) < 4.78 is 49.7. The lowest BCUT2D eigenvalue weighted by Gasteiger charge is -2.33. The number of aryl methyl sites for hydroxylation is 1. The number of pyridine rings is 1. The molecule has 166 valence electrons. The SMILES string of the molecule is Cc1cccc(C(=O)N2C[C@H]3C[C@@H](Oc4ccc(C(F)(F)F)cn4)[C@@H]2C3)c1-c1ncco1. The summed E-state index contributed by atoms with van der Waals surface area (Å²) in [4.78, 5) is 23.3. The van der Waals surface area contributed by atoms with Crippen LogP contribution in [0.25, 0.3) is 11.5 Å². The van der Waals surface area contributed by atoms with Crippen molar-refractivity contribution in [1.29, 1.82) is 0 Å². The first-order chi connectivity index (χ1) is 15.3. The molecule has 0 N–H and O–H groups in total. The van der Waals surface area contributed by atoms with E-state index < -0.39 is 11.7 Å². The molecule has 2 aromatic heterocycles. The van der Waals surface area contributed by atoms with Crippen LogP contribution < -0.4 is 4.74 Å². The number of alkyl halides is 3. The fraction of sp³-hybridized carbons (Fsp3) is 0.348. The van der Waals surface area contributed by atoms with Crippen molar-refractivity contribution in [3.63, 3.8) is 0 Å². The molecule has 2 aliphatic rings. The van der Waals surface area contributed by atoms with Gasteiger partial charge in [-0.2, -0.15) is 13.2 Å². The van der Waals surface area contributed by atoms with Gasteiger partial charge in [-0.15, -0.1) is 0 Å². The maximum Gasteiger partial charge on any atom is 0.417 e. The number of ether oxygens (including phenoxy) is 1. The number of carbonyl (C=O) groups is 1. The predicted octanol–water partition coefficient (Wildman–Crippen LogP) is 4.75. The van der Waals surface area contributed by atoms with Crippen LogP contribution in [0, 0.1) is 12.8 Å². The lowest BCUT2D eigenvalue weighted by molar-refractivity contribution is -0.137. The third kappa shape index (κ3) is 3.61. The number of carbonyl (C=O) groups excluding carboxylic acids is 1. The zero-order valence-corrected chi connectivity index (χ0v) is 17.2. The first-order valence-corrected chi connectivity index (χ1v) is 10.3. The highest BCUT2D eigenvalue weighted by Gasteiger charge is 2.49. The van der Waals surface area contributed by atoms with Crippen LogP contribution in [0.5, 0.6) is 5.88 Å². The van der Waals surface area contributed by atoms with Gasteiger partial charge >= 0.3 is 6.18 Å². The van der Waals surface area contributed by atoms with E-state index in [1.54, 1.807) is 11.0 Å². The van der Waals surface area contributed by atoms with Crippen molar-refractivity contribution in [1.82, 2.24) is 14.9 Å². The number of hydrogen-bond acceptors (Lipinski definition) is 5. The number of nitrogens with zero attached hydrogens (tertiary/aromatic N) is 3. The molecule has 3 heterocycles. The molecule has 5 rings (SSSR count). The van der Waals surface area contributed by atoms with E-state index in [1.165, 1.54) is 18.5 Å². The van der Waals surface area contributed by atoms with Gasteiger partial charge < -0.3 is 14.1 Å². The van der Waals surface area contributed by atoms with Gasteiger partial charge in [0.1, 0.15) is 12.4 Å². The highest BCUT2D eigenvalue weighted by molar-refractivity contribution is 6.01. The molecule has 2 fully saturated rings. The minimum atomic E-state index is -4.45. The molecule has 1 aromatic carbocycles. The van der Waals surface area contributed by atoms with Gasteiger partial charge in [-0.3, -0.25) is 4.79 Å². The van der Waals surface area contributed by atoms with E-state index in [-0.39, 0.29) is 29.9 Å². The number of fused-ring (bicyclic) bond motifs is 2. The Balaban J connectivity index is 1.37. The van der Waals surface area contributed by atoms with Crippen molar-refractivity contribution in [3.8, 4) is 17.3 Å². The number of halogens is 3. The van der Waals surface area contributed by atoms with Gasteiger partial charge in [0.05, 0.1) is 28.9 Å². The van der Waals surface area contributed by atoms with Crippen molar-refractivity contribution in [3.05, 3.63) is 65.7 Å². The van der Waals surface area contributed by atoms with E-state index in [1.807, 2.05) is 19.1 Å². The van der Waals surface area contributed by atoms with Crippen LogP contribution in [-0.4, -0.2) is 39.5 Å². The van der Waals surface area contributed by atoms with Crippen LogP contribution in [0.1, 0.15) is 34.3 Å². The molecule has 1 aliphatic heterocycles.